The molecule has 1 saturated heterocycles. The highest BCUT2D eigenvalue weighted by Crippen LogP contribution is 2.17. The Bertz CT molecular complexity index is 343. The molecule has 1 unspecified atom stereocenters. The number of hydrogen-bond donors (Lipinski definition) is 1. The third-order valence-electron chi connectivity index (χ3n) is 3.42. The number of ether oxygens (including phenoxy) is 1. The first-order valence-electron chi connectivity index (χ1n) is 7.11. The maximum Gasteiger partial charge on any atom is 0.0576 e. The van der Waals surface area contributed by atoms with Crippen molar-refractivity contribution in [3.8, 4) is 0 Å². The van der Waals surface area contributed by atoms with E-state index in [-0.39, 0.29) is 0 Å². The van der Waals surface area contributed by atoms with E-state index in [1.54, 1.807) is 0 Å². The minimum atomic E-state index is 0.498. The van der Waals surface area contributed by atoms with Gasteiger partial charge in [-0.05, 0) is 31.7 Å². The highest BCUT2D eigenvalue weighted by atomic mass is 16.5. The summed E-state index contributed by atoms with van der Waals surface area (Å²) >= 11 is 0. The Kier molecular flexibility index (Phi) is 5.20. The molecule has 1 atom stereocenters. The van der Waals surface area contributed by atoms with Crippen LogP contribution in [0.15, 0.2) is 12.3 Å². The predicted molar refractivity (Wildman–Crippen MR) is 72.4 cm³/mol. The number of aryl methyl sites for hydroxylation is 1. The van der Waals surface area contributed by atoms with Crippen molar-refractivity contribution in [1.29, 1.82) is 0 Å². The molecule has 0 saturated carbocycles. The van der Waals surface area contributed by atoms with Gasteiger partial charge < -0.3 is 10.1 Å². The fourth-order valence-corrected chi connectivity index (χ4v) is 2.36. The van der Waals surface area contributed by atoms with Gasteiger partial charge in [-0.15, -0.1) is 0 Å². The van der Waals surface area contributed by atoms with Gasteiger partial charge in [-0.25, -0.2) is 0 Å². The van der Waals surface area contributed by atoms with Crippen molar-refractivity contribution in [2.75, 3.05) is 6.61 Å². The van der Waals surface area contributed by atoms with E-state index in [1.807, 2.05) is 6.20 Å². The van der Waals surface area contributed by atoms with Crippen molar-refractivity contribution in [3.63, 3.8) is 0 Å². The zero-order chi connectivity index (χ0) is 12.8. The van der Waals surface area contributed by atoms with Crippen LogP contribution in [0.3, 0.4) is 0 Å². The van der Waals surface area contributed by atoms with Gasteiger partial charge in [0.25, 0.3) is 0 Å². The molecule has 1 aliphatic heterocycles. The summed E-state index contributed by atoms with van der Waals surface area (Å²) in [6, 6.07) is 2.61. The van der Waals surface area contributed by atoms with Gasteiger partial charge in [-0.3, -0.25) is 4.68 Å². The van der Waals surface area contributed by atoms with Crippen molar-refractivity contribution >= 4 is 0 Å². The average molecular weight is 251 g/mol. The van der Waals surface area contributed by atoms with Gasteiger partial charge in [-0.2, -0.15) is 5.10 Å². The monoisotopic (exact) mass is 251 g/mol. The molecule has 0 aliphatic carbocycles. The molecule has 4 heteroatoms. The first-order valence-corrected chi connectivity index (χ1v) is 7.11. The number of nitrogens with zero attached hydrogens (tertiary/aromatic N) is 2. The normalized spacial score (nSPS) is 19.8. The van der Waals surface area contributed by atoms with Crippen molar-refractivity contribution in [3.05, 3.63) is 18.0 Å². The second-order valence-electron chi connectivity index (χ2n) is 5.36. The topological polar surface area (TPSA) is 39.1 Å². The molecule has 102 valence electrons. The summed E-state index contributed by atoms with van der Waals surface area (Å²) in [4.78, 5) is 0. The van der Waals surface area contributed by atoms with E-state index in [9.17, 15) is 0 Å². The number of hydrogen-bond acceptors (Lipinski definition) is 3. The summed E-state index contributed by atoms with van der Waals surface area (Å²) in [5.74, 6) is 0. The summed E-state index contributed by atoms with van der Waals surface area (Å²) in [7, 11) is 0. The molecule has 2 heterocycles. The molecule has 0 radical (unpaired) electrons. The number of aromatic nitrogens is 2. The molecule has 1 fully saturated rings. The smallest absolute Gasteiger partial charge is 0.0576 e. The summed E-state index contributed by atoms with van der Waals surface area (Å²) in [6.45, 7) is 7.19. The predicted octanol–water partition coefficient (Wildman–Crippen LogP) is 2.34. The highest BCUT2D eigenvalue weighted by Gasteiger charge is 2.14. The van der Waals surface area contributed by atoms with Gasteiger partial charge in [0.05, 0.1) is 11.8 Å². The van der Waals surface area contributed by atoms with E-state index >= 15 is 0 Å². The van der Waals surface area contributed by atoms with E-state index in [0.717, 1.165) is 32.5 Å². The molecular weight excluding hydrogens is 226 g/mol. The van der Waals surface area contributed by atoms with Crippen LogP contribution in [-0.4, -0.2) is 28.5 Å². The summed E-state index contributed by atoms with van der Waals surface area (Å²) in [5, 5.41) is 7.83. The standard InChI is InChI=1S/C14H25N3O/c1-12(2)15-11-13-7-8-16-17(13)9-3-5-14-6-4-10-18-14/h7-8,12,14-15H,3-6,9-11H2,1-2H3. The Labute approximate surface area is 110 Å². The van der Waals surface area contributed by atoms with Gasteiger partial charge in [0.2, 0.25) is 0 Å². The van der Waals surface area contributed by atoms with Gasteiger partial charge in [0.15, 0.2) is 0 Å². The second kappa shape index (κ2) is 6.90. The quantitative estimate of drug-likeness (QED) is 0.808. The SMILES string of the molecule is CC(C)NCc1ccnn1CCCC1CCCO1. The molecule has 0 aromatic carbocycles. The lowest BCUT2D eigenvalue weighted by atomic mass is 10.1. The highest BCUT2D eigenvalue weighted by molar-refractivity contribution is 5.00. The zero-order valence-electron chi connectivity index (χ0n) is 11.6. The Morgan fingerprint density at radius 3 is 3.17 bits per heavy atom. The summed E-state index contributed by atoms with van der Waals surface area (Å²) < 4.78 is 7.75. The molecule has 0 amide bonds. The van der Waals surface area contributed by atoms with Crippen LogP contribution in [0.5, 0.6) is 0 Å². The van der Waals surface area contributed by atoms with E-state index in [0.29, 0.717) is 12.1 Å². The zero-order valence-corrected chi connectivity index (χ0v) is 11.6. The summed E-state index contributed by atoms with van der Waals surface area (Å²) in [6.07, 6.45) is 7.18. The first kappa shape index (κ1) is 13.6. The average Bonchev–Trinajstić information content (AvgIpc) is 2.97. The number of nitrogens with one attached hydrogen (secondary N) is 1. The third-order valence-corrected chi connectivity index (χ3v) is 3.42. The van der Waals surface area contributed by atoms with E-state index in [2.05, 4.69) is 35.0 Å². The van der Waals surface area contributed by atoms with Crippen LogP contribution >= 0.6 is 0 Å². The molecule has 1 aliphatic rings. The minimum Gasteiger partial charge on any atom is -0.378 e. The van der Waals surface area contributed by atoms with Crippen molar-refractivity contribution in [2.45, 2.75) is 64.8 Å². The fraction of sp³-hybridized carbons (Fsp3) is 0.786. The van der Waals surface area contributed by atoms with Crippen LogP contribution in [0.25, 0.3) is 0 Å². The largest absolute Gasteiger partial charge is 0.378 e. The lowest BCUT2D eigenvalue weighted by molar-refractivity contribution is 0.101. The van der Waals surface area contributed by atoms with Gasteiger partial charge in [0.1, 0.15) is 0 Å². The Morgan fingerprint density at radius 2 is 2.44 bits per heavy atom. The molecule has 0 bridgehead atoms. The van der Waals surface area contributed by atoms with E-state index in [4.69, 9.17) is 4.74 Å². The first-order chi connectivity index (χ1) is 8.75. The van der Waals surface area contributed by atoms with Crippen molar-refractivity contribution < 1.29 is 4.74 Å². The van der Waals surface area contributed by atoms with Crippen LogP contribution < -0.4 is 5.32 Å². The maximum absolute atomic E-state index is 5.64. The van der Waals surface area contributed by atoms with E-state index in [1.165, 1.54) is 18.5 Å². The molecule has 1 aromatic heterocycles. The lowest BCUT2D eigenvalue weighted by Gasteiger charge is -2.12. The van der Waals surface area contributed by atoms with Gasteiger partial charge in [-0.1, -0.05) is 13.8 Å². The number of rotatable bonds is 7. The lowest BCUT2D eigenvalue weighted by Crippen LogP contribution is -2.23. The van der Waals surface area contributed by atoms with Crippen LogP contribution in [-0.2, 0) is 17.8 Å². The Balaban J connectivity index is 1.72. The Hall–Kier alpha value is -0.870. The van der Waals surface area contributed by atoms with Gasteiger partial charge in [0, 0.05) is 31.9 Å². The molecular formula is C14H25N3O. The third kappa shape index (κ3) is 4.10. The second-order valence-corrected chi connectivity index (χ2v) is 5.36. The fourth-order valence-electron chi connectivity index (χ4n) is 2.36. The van der Waals surface area contributed by atoms with Crippen LogP contribution in [0.4, 0.5) is 0 Å². The van der Waals surface area contributed by atoms with E-state index < -0.39 is 0 Å². The van der Waals surface area contributed by atoms with Crippen LogP contribution in [0, 0.1) is 0 Å². The molecule has 4 nitrogen and oxygen atoms in total. The molecule has 18 heavy (non-hydrogen) atoms. The van der Waals surface area contributed by atoms with Crippen LogP contribution in [0.1, 0.15) is 45.2 Å². The molecule has 1 aromatic rings. The van der Waals surface area contributed by atoms with Crippen molar-refractivity contribution in [2.24, 2.45) is 0 Å². The molecule has 1 N–H and O–H groups in total. The Morgan fingerprint density at radius 1 is 1.56 bits per heavy atom. The van der Waals surface area contributed by atoms with Crippen LogP contribution in [0.2, 0.25) is 0 Å². The maximum atomic E-state index is 5.64. The molecule has 0 spiro atoms. The minimum absolute atomic E-state index is 0.498. The van der Waals surface area contributed by atoms with Crippen molar-refractivity contribution in [1.82, 2.24) is 15.1 Å². The van der Waals surface area contributed by atoms with Gasteiger partial charge >= 0.3 is 0 Å². The summed E-state index contributed by atoms with van der Waals surface area (Å²) in [5.41, 5.74) is 1.27. The molecule has 2 rings (SSSR count).